The summed E-state index contributed by atoms with van der Waals surface area (Å²) in [4.78, 5) is 0. The van der Waals surface area contributed by atoms with E-state index in [4.69, 9.17) is 16.3 Å². The summed E-state index contributed by atoms with van der Waals surface area (Å²) < 4.78 is 5.66. The van der Waals surface area contributed by atoms with Crippen LogP contribution in [0.25, 0.3) is 0 Å². The summed E-state index contributed by atoms with van der Waals surface area (Å²) >= 11 is 6.78. The van der Waals surface area contributed by atoms with Crippen molar-refractivity contribution in [3.8, 4) is 0 Å². The van der Waals surface area contributed by atoms with Crippen LogP contribution in [0.4, 0.5) is 0 Å². The van der Waals surface area contributed by atoms with Crippen LogP contribution in [0.2, 0.25) is 0 Å². The topological polar surface area (TPSA) is 9.23 Å². The van der Waals surface area contributed by atoms with Crippen LogP contribution in [-0.2, 0) is 4.74 Å². The molecule has 100 valence electrons. The molecule has 2 heteroatoms. The molecule has 0 aromatic heterocycles. The van der Waals surface area contributed by atoms with E-state index in [2.05, 4.69) is 40.7 Å². The summed E-state index contributed by atoms with van der Waals surface area (Å²) in [6, 6.07) is 2.26. The summed E-state index contributed by atoms with van der Waals surface area (Å²) in [5.41, 5.74) is 6.70. The number of benzene rings is 1. The number of aryl methyl sites for hydroxylation is 2. The molecule has 1 aliphatic heterocycles. The van der Waals surface area contributed by atoms with Crippen molar-refractivity contribution in [3.05, 3.63) is 33.9 Å². The lowest BCUT2D eigenvalue weighted by molar-refractivity contribution is 0.105. The normalized spacial score (nSPS) is 25.4. The first-order valence-corrected chi connectivity index (χ1v) is 7.20. The number of rotatable bonds is 2. The Morgan fingerprint density at radius 3 is 2.17 bits per heavy atom. The Morgan fingerprint density at radius 2 is 1.72 bits per heavy atom. The third kappa shape index (κ3) is 2.31. The maximum Gasteiger partial charge on any atom is 0.0644 e. The predicted octanol–water partition coefficient (Wildman–Crippen LogP) is 4.63. The standard InChI is InChI=1S/C16H23ClO/c1-9-8-10(2)12(4)15(11(9)3)16(17)14-6-7-18-13(14)5/h8,13-14,16H,6-7H2,1-5H3. The zero-order chi connectivity index (χ0) is 13.4. The molecule has 0 bridgehead atoms. The van der Waals surface area contributed by atoms with Crippen LogP contribution >= 0.6 is 11.6 Å². The zero-order valence-electron chi connectivity index (χ0n) is 12.0. The van der Waals surface area contributed by atoms with Gasteiger partial charge in [0.05, 0.1) is 11.5 Å². The second-order valence-electron chi connectivity index (χ2n) is 5.60. The van der Waals surface area contributed by atoms with E-state index in [0.717, 1.165) is 13.0 Å². The van der Waals surface area contributed by atoms with Gasteiger partial charge >= 0.3 is 0 Å². The molecule has 1 aromatic carbocycles. The maximum atomic E-state index is 6.78. The number of hydrogen-bond donors (Lipinski definition) is 0. The summed E-state index contributed by atoms with van der Waals surface area (Å²) in [7, 11) is 0. The first-order chi connectivity index (χ1) is 8.43. The van der Waals surface area contributed by atoms with Crippen LogP contribution < -0.4 is 0 Å². The molecule has 3 unspecified atom stereocenters. The molecular weight excluding hydrogens is 244 g/mol. The molecule has 1 heterocycles. The minimum atomic E-state index is 0.0705. The van der Waals surface area contributed by atoms with Gasteiger partial charge in [-0.2, -0.15) is 0 Å². The smallest absolute Gasteiger partial charge is 0.0644 e. The molecule has 0 aliphatic carbocycles. The third-order valence-corrected chi connectivity index (χ3v) is 5.05. The Labute approximate surface area is 115 Å². The van der Waals surface area contributed by atoms with Gasteiger partial charge in [-0.15, -0.1) is 11.6 Å². The molecule has 1 aliphatic rings. The maximum absolute atomic E-state index is 6.78. The minimum Gasteiger partial charge on any atom is -0.378 e. The number of halogens is 1. The molecule has 0 N–H and O–H groups in total. The van der Waals surface area contributed by atoms with Gasteiger partial charge in [-0.1, -0.05) is 6.07 Å². The van der Waals surface area contributed by atoms with Crippen molar-refractivity contribution in [1.29, 1.82) is 0 Å². The van der Waals surface area contributed by atoms with E-state index in [-0.39, 0.29) is 11.5 Å². The molecule has 18 heavy (non-hydrogen) atoms. The monoisotopic (exact) mass is 266 g/mol. The summed E-state index contributed by atoms with van der Waals surface area (Å²) in [6.07, 6.45) is 1.34. The van der Waals surface area contributed by atoms with Gasteiger partial charge in [0.2, 0.25) is 0 Å². The number of alkyl halides is 1. The van der Waals surface area contributed by atoms with Crippen LogP contribution in [0.3, 0.4) is 0 Å². The molecule has 0 saturated carbocycles. The fourth-order valence-electron chi connectivity index (χ4n) is 3.01. The Bertz CT molecular complexity index is 427. The highest BCUT2D eigenvalue weighted by molar-refractivity contribution is 6.21. The largest absolute Gasteiger partial charge is 0.378 e. The molecule has 0 radical (unpaired) electrons. The van der Waals surface area contributed by atoms with Crippen LogP contribution in [-0.4, -0.2) is 12.7 Å². The Kier molecular flexibility index (Phi) is 4.03. The van der Waals surface area contributed by atoms with E-state index < -0.39 is 0 Å². The molecule has 0 spiro atoms. The van der Waals surface area contributed by atoms with Crippen molar-refractivity contribution < 1.29 is 4.74 Å². The zero-order valence-corrected chi connectivity index (χ0v) is 12.8. The first kappa shape index (κ1) is 13.9. The third-order valence-electron chi connectivity index (χ3n) is 4.51. The van der Waals surface area contributed by atoms with Crippen LogP contribution in [0, 0.1) is 33.6 Å². The summed E-state index contributed by atoms with van der Waals surface area (Å²) in [5.74, 6) is 0.435. The van der Waals surface area contributed by atoms with Crippen LogP contribution in [0.15, 0.2) is 6.07 Å². The van der Waals surface area contributed by atoms with E-state index in [0.29, 0.717) is 5.92 Å². The highest BCUT2D eigenvalue weighted by Crippen LogP contribution is 2.41. The Morgan fingerprint density at radius 1 is 1.17 bits per heavy atom. The SMILES string of the molecule is Cc1cc(C)c(C)c(C(Cl)C2CCOC2C)c1C. The highest BCUT2D eigenvalue weighted by atomic mass is 35.5. The van der Waals surface area contributed by atoms with E-state index in [1.54, 1.807) is 0 Å². The lowest BCUT2D eigenvalue weighted by Crippen LogP contribution is -2.18. The van der Waals surface area contributed by atoms with Gasteiger partial charge < -0.3 is 4.74 Å². The van der Waals surface area contributed by atoms with Crippen molar-refractivity contribution in [2.24, 2.45) is 5.92 Å². The molecule has 1 nitrogen and oxygen atoms in total. The highest BCUT2D eigenvalue weighted by Gasteiger charge is 2.33. The van der Waals surface area contributed by atoms with Gasteiger partial charge in [-0.3, -0.25) is 0 Å². The van der Waals surface area contributed by atoms with Crippen molar-refractivity contribution in [1.82, 2.24) is 0 Å². The lowest BCUT2D eigenvalue weighted by atomic mass is 9.85. The predicted molar refractivity (Wildman–Crippen MR) is 77.5 cm³/mol. The van der Waals surface area contributed by atoms with Gasteiger partial charge in [0, 0.05) is 12.5 Å². The Balaban J connectivity index is 2.44. The fraction of sp³-hybridized carbons (Fsp3) is 0.625. The summed E-state index contributed by atoms with van der Waals surface area (Å²) in [5, 5.41) is 0.0705. The molecular formula is C16H23ClO. The second kappa shape index (κ2) is 5.22. The average molecular weight is 267 g/mol. The van der Waals surface area contributed by atoms with Crippen LogP contribution in [0.5, 0.6) is 0 Å². The van der Waals surface area contributed by atoms with Crippen LogP contribution in [0.1, 0.15) is 46.5 Å². The van der Waals surface area contributed by atoms with E-state index in [1.165, 1.54) is 27.8 Å². The van der Waals surface area contributed by atoms with Crippen molar-refractivity contribution in [2.45, 2.75) is 52.5 Å². The van der Waals surface area contributed by atoms with Gasteiger partial charge in [0.15, 0.2) is 0 Å². The van der Waals surface area contributed by atoms with Gasteiger partial charge in [-0.25, -0.2) is 0 Å². The summed E-state index contributed by atoms with van der Waals surface area (Å²) in [6.45, 7) is 11.7. The molecule has 1 saturated heterocycles. The lowest BCUT2D eigenvalue weighted by Gasteiger charge is -2.25. The molecule has 0 amide bonds. The van der Waals surface area contributed by atoms with Gasteiger partial charge in [0.1, 0.15) is 0 Å². The average Bonchev–Trinajstić information content (AvgIpc) is 2.73. The van der Waals surface area contributed by atoms with Crippen molar-refractivity contribution in [3.63, 3.8) is 0 Å². The van der Waals surface area contributed by atoms with Crippen molar-refractivity contribution in [2.75, 3.05) is 6.61 Å². The number of hydrogen-bond acceptors (Lipinski definition) is 1. The van der Waals surface area contributed by atoms with Gasteiger partial charge in [-0.05, 0) is 68.9 Å². The Hall–Kier alpha value is -0.530. The molecule has 3 atom stereocenters. The number of ether oxygens (including phenoxy) is 1. The molecule has 1 fully saturated rings. The van der Waals surface area contributed by atoms with E-state index in [1.807, 2.05) is 0 Å². The second-order valence-corrected chi connectivity index (χ2v) is 6.07. The molecule has 1 aromatic rings. The fourth-order valence-corrected chi connectivity index (χ4v) is 3.67. The van der Waals surface area contributed by atoms with E-state index >= 15 is 0 Å². The van der Waals surface area contributed by atoms with Crippen molar-refractivity contribution >= 4 is 11.6 Å². The first-order valence-electron chi connectivity index (χ1n) is 6.76. The molecule has 2 rings (SSSR count). The minimum absolute atomic E-state index is 0.0705. The van der Waals surface area contributed by atoms with E-state index in [9.17, 15) is 0 Å². The quantitative estimate of drug-likeness (QED) is 0.710. The van der Waals surface area contributed by atoms with Gasteiger partial charge in [0.25, 0.3) is 0 Å².